The van der Waals surface area contributed by atoms with Crippen LogP contribution in [-0.4, -0.2) is 25.4 Å². The van der Waals surface area contributed by atoms with Crippen LogP contribution in [0.5, 0.6) is 5.75 Å². The summed E-state index contributed by atoms with van der Waals surface area (Å²) in [5.74, 6) is 1.92. The highest BCUT2D eigenvalue weighted by molar-refractivity contribution is 7.99. The predicted octanol–water partition coefficient (Wildman–Crippen LogP) is 2.80. The van der Waals surface area contributed by atoms with E-state index in [1.54, 1.807) is 18.9 Å². The first-order valence-electron chi connectivity index (χ1n) is 5.54. The lowest BCUT2D eigenvalue weighted by molar-refractivity contribution is -0.139. The zero-order chi connectivity index (χ0) is 12.7. The van der Waals surface area contributed by atoms with Crippen LogP contribution < -0.4 is 4.74 Å². The van der Waals surface area contributed by atoms with Crippen LogP contribution in [0.25, 0.3) is 0 Å². The van der Waals surface area contributed by atoms with Crippen molar-refractivity contribution in [1.82, 2.24) is 0 Å². The number of esters is 1. The Morgan fingerprint density at radius 1 is 1.41 bits per heavy atom. The fraction of sp³-hybridized carbons (Fsp3) is 0.462. The van der Waals surface area contributed by atoms with Crippen molar-refractivity contribution in [3.05, 3.63) is 29.3 Å². The summed E-state index contributed by atoms with van der Waals surface area (Å²) < 4.78 is 10.1. The number of hydrogen-bond acceptors (Lipinski definition) is 4. The highest BCUT2D eigenvalue weighted by Crippen LogP contribution is 2.24. The number of methoxy groups -OCH3 is 1. The van der Waals surface area contributed by atoms with E-state index >= 15 is 0 Å². The van der Waals surface area contributed by atoms with Crippen LogP contribution in [0.1, 0.15) is 18.1 Å². The molecule has 17 heavy (non-hydrogen) atoms. The molecule has 0 spiro atoms. The van der Waals surface area contributed by atoms with Crippen molar-refractivity contribution in [2.24, 2.45) is 0 Å². The van der Waals surface area contributed by atoms with Gasteiger partial charge in [0.25, 0.3) is 0 Å². The largest absolute Gasteiger partial charge is 0.496 e. The van der Waals surface area contributed by atoms with Crippen LogP contribution in [0, 0.1) is 6.92 Å². The van der Waals surface area contributed by atoms with Crippen LogP contribution in [0.2, 0.25) is 0 Å². The standard InChI is InChI=1S/C13H18O3S/c1-4-16-13(14)9-17-8-11-6-5-7-12(15-3)10(11)2/h5-7H,4,8-9H2,1-3H3. The smallest absolute Gasteiger partial charge is 0.315 e. The average Bonchev–Trinajstić information content (AvgIpc) is 2.32. The molecule has 0 saturated carbocycles. The highest BCUT2D eigenvalue weighted by atomic mass is 32.2. The number of hydrogen-bond donors (Lipinski definition) is 0. The lowest BCUT2D eigenvalue weighted by Gasteiger charge is -2.09. The fourth-order valence-electron chi connectivity index (χ4n) is 1.48. The molecule has 0 heterocycles. The second kappa shape index (κ2) is 7.22. The number of benzene rings is 1. The van der Waals surface area contributed by atoms with Gasteiger partial charge in [-0.1, -0.05) is 12.1 Å². The Morgan fingerprint density at radius 2 is 2.18 bits per heavy atom. The summed E-state index contributed by atoms with van der Waals surface area (Å²) in [6, 6.07) is 5.96. The van der Waals surface area contributed by atoms with Crippen LogP contribution >= 0.6 is 11.8 Å². The van der Waals surface area contributed by atoms with Crippen molar-refractivity contribution in [3.8, 4) is 5.75 Å². The zero-order valence-electron chi connectivity index (χ0n) is 10.5. The number of ether oxygens (including phenoxy) is 2. The Morgan fingerprint density at radius 3 is 2.82 bits per heavy atom. The maximum Gasteiger partial charge on any atom is 0.315 e. The van der Waals surface area contributed by atoms with E-state index in [9.17, 15) is 4.79 Å². The van der Waals surface area contributed by atoms with Gasteiger partial charge in [0.05, 0.1) is 19.5 Å². The summed E-state index contributed by atoms with van der Waals surface area (Å²) in [4.78, 5) is 11.2. The molecule has 1 aromatic carbocycles. The maximum absolute atomic E-state index is 11.2. The normalized spacial score (nSPS) is 10.1. The SMILES string of the molecule is CCOC(=O)CSCc1cccc(OC)c1C. The van der Waals surface area contributed by atoms with E-state index in [4.69, 9.17) is 9.47 Å². The van der Waals surface area contributed by atoms with E-state index in [1.165, 1.54) is 5.56 Å². The summed E-state index contributed by atoms with van der Waals surface area (Å²) in [6.07, 6.45) is 0. The molecule has 0 aliphatic rings. The summed E-state index contributed by atoms with van der Waals surface area (Å²) in [5, 5.41) is 0. The number of rotatable bonds is 6. The molecule has 4 heteroatoms. The molecule has 0 atom stereocenters. The maximum atomic E-state index is 11.2. The van der Waals surface area contributed by atoms with E-state index in [-0.39, 0.29) is 5.97 Å². The van der Waals surface area contributed by atoms with Gasteiger partial charge in [-0.3, -0.25) is 4.79 Å². The predicted molar refractivity (Wildman–Crippen MR) is 70.5 cm³/mol. The van der Waals surface area contributed by atoms with Gasteiger partial charge in [-0.25, -0.2) is 0 Å². The van der Waals surface area contributed by atoms with Crippen LogP contribution in [0.3, 0.4) is 0 Å². The Bertz CT molecular complexity index is 377. The van der Waals surface area contributed by atoms with E-state index < -0.39 is 0 Å². The third kappa shape index (κ3) is 4.30. The summed E-state index contributed by atoms with van der Waals surface area (Å²) in [6.45, 7) is 4.28. The van der Waals surface area contributed by atoms with Crippen LogP contribution in [0.4, 0.5) is 0 Å². The van der Waals surface area contributed by atoms with Crippen LogP contribution in [0.15, 0.2) is 18.2 Å². The lowest BCUT2D eigenvalue weighted by Crippen LogP contribution is -2.06. The molecule has 1 rings (SSSR count). The molecule has 0 unspecified atom stereocenters. The van der Waals surface area contributed by atoms with Crippen LogP contribution in [-0.2, 0) is 15.3 Å². The van der Waals surface area contributed by atoms with Gasteiger partial charge in [-0.15, -0.1) is 11.8 Å². The van der Waals surface area contributed by atoms with Gasteiger partial charge in [-0.05, 0) is 31.0 Å². The van der Waals surface area contributed by atoms with Gasteiger partial charge in [0.2, 0.25) is 0 Å². The Kier molecular flexibility index (Phi) is 5.91. The van der Waals surface area contributed by atoms with Crippen molar-refractivity contribution in [2.75, 3.05) is 19.5 Å². The summed E-state index contributed by atoms with van der Waals surface area (Å²) in [7, 11) is 1.66. The summed E-state index contributed by atoms with van der Waals surface area (Å²) in [5.41, 5.74) is 2.32. The van der Waals surface area contributed by atoms with Gasteiger partial charge in [0.1, 0.15) is 5.75 Å². The first kappa shape index (κ1) is 13.9. The monoisotopic (exact) mass is 254 g/mol. The molecule has 0 saturated heterocycles. The zero-order valence-corrected chi connectivity index (χ0v) is 11.3. The molecule has 3 nitrogen and oxygen atoms in total. The third-order valence-corrected chi connectivity index (χ3v) is 3.35. The first-order valence-corrected chi connectivity index (χ1v) is 6.70. The molecule has 0 radical (unpaired) electrons. The molecule has 0 aromatic heterocycles. The topological polar surface area (TPSA) is 35.5 Å². The molecule has 0 fully saturated rings. The molecule has 94 valence electrons. The molecular formula is C13H18O3S. The quantitative estimate of drug-likeness (QED) is 0.731. The van der Waals surface area contributed by atoms with Gasteiger partial charge in [-0.2, -0.15) is 0 Å². The molecule has 0 N–H and O–H groups in total. The van der Waals surface area contributed by atoms with Crippen molar-refractivity contribution < 1.29 is 14.3 Å². The second-order valence-corrected chi connectivity index (χ2v) is 4.53. The second-order valence-electron chi connectivity index (χ2n) is 3.54. The Labute approximate surface area is 106 Å². The summed E-state index contributed by atoms with van der Waals surface area (Å²) >= 11 is 1.56. The van der Waals surface area contributed by atoms with Crippen molar-refractivity contribution >= 4 is 17.7 Å². The number of carbonyl (C=O) groups excluding carboxylic acids is 1. The molecule has 0 amide bonds. The highest BCUT2D eigenvalue weighted by Gasteiger charge is 2.06. The molecule has 0 bridgehead atoms. The van der Waals surface area contributed by atoms with Crippen molar-refractivity contribution in [1.29, 1.82) is 0 Å². The molecule has 0 aliphatic carbocycles. The van der Waals surface area contributed by atoms with Crippen molar-refractivity contribution in [2.45, 2.75) is 19.6 Å². The average molecular weight is 254 g/mol. The minimum Gasteiger partial charge on any atom is -0.496 e. The van der Waals surface area contributed by atoms with E-state index in [1.807, 2.05) is 26.0 Å². The minimum atomic E-state index is -0.155. The van der Waals surface area contributed by atoms with E-state index in [0.717, 1.165) is 17.1 Å². The molecule has 0 aliphatic heterocycles. The molecular weight excluding hydrogens is 236 g/mol. The lowest BCUT2D eigenvalue weighted by atomic mass is 10.1. The number of carbonyl (C=O) groups is 1. The van der Waals surface area contributed by atoms with Crippen molar-refractivity contribution in [3.63, 3.8) is 0 Å². The number of thioether (sulfide) groups is 1. The van der Waals surface area contributed by atoms with Gasteiger partial charge in [0.15, 0.2) is 0 Å². The van der Waals surface area contributed by atoms with E-state index in [2.05, 4.69) is 6.07 Å². The van der Waals surface area contributed by atoms with Gasteiger partial charge in [0, 0.05) is 5.75 Å². The Balaban J connectivity index is 2.49. The fourth-order valence-corrected chi connectivity index (χ4v) is 2.37. The first-order chi connectivity index (χ1) is 8.19. The Hall–Kier alpha value is -1.16. The molecule has 1 aromatic rings. The minimum absolute atomic E-state index is 0.155. The van der Waals surface area contributed by atoms with Gasteiger partial charge < -0.3 is 9.47 Å². The van der Waals surface area contributed by atoms with Gasteiger partial charge >= 0.3 is 5.97 Å². The third-order valence-electron chi connectivity index (χ3n) is 2.40. The van der Waals surface area contributed by atoms with E-state index in [0.29, 0.717) is 12.4 Å².